The van der Waals surface area contributed by atoms with Gasteiger partial charge in [-0.1, -0.05) is 30.3 Å². The Kier molecular flexibility index (Phi) is 8.36. The van der Waals surface area contributed by atoms with Gasteiger partial charge in [-0.3, -0.25) is 9.78 Å². The number of rotatable bonds is 3. The zero-order chi connectivity index (χ0) is 16.2. The van der Waals surface area contributed by atoms with Crippen molar-refractivity contribution in [3.05, 3.63) is 53.7 Å². The third-order valence-electron chi connectivity index (χ3n) is 4.51. The zero-order valence-electron chi connectivity index (χ0n) is 14.3. The topological polar surface area (TPSA) is 68.0 Å². The van der Waals surface area contributed by atoms with Crippen molar-refractivity contribution in [3.63, 3.8) is 0 Å². The number of hydrogen-bond donors (Lipinski definition) is 2. The van der Waals surface area contributed by atoms with Gasteiger partial charge >= 0.3 is 0 Å². The van der Waals surface area contributed by atoms with Crippen LogP contribution in [0.1, 0.15) is 41.7 Å². The van der Waals surface area contributed by atoms with E-state index in [1.807, 2.05) is 49.4 Å². The first kappa shape index (κ1) is 21.4. The van der Waals surface area contributed by atoms with Crippen LogP contribution in [0.25, 0.3) is 11.3 Å². The van der Waals surface area contributed by atoms with Gasteiger partial charge in [0.2, 0.25) is 0 Å². The number of carbonyl (C=O) groups is 1. The maximum absolute atomic E-state index is 12.5. The second kappa shape index (κ2) is 9.76. The van der Waals surface area contributed by atoms with E-state index in [1.165, 1.54) is 0 Å². The lowest BCUT2D eigenvalue weighted by Gasteiger charge is -2.27. The minimum absolute atomic E-state index is 0. The molecule has 6 heteroatoms. The van der Waals surface area contributed by atoms with Crippen LogP contribution in [0.15, 0.2) is 42.5 Å². The number of benzene rings is 1. The summed E-state index contributed by atoms with van der Waals surface area (Å²) in [5.41, 5.74) is 9.28. The summed E-state index contributed by atoms with van der Waals surface area (Å²) in [6.45, 7) is 1.89. The minimum atomic E-state index is -0.0323. The van der Waals surface area contributed by atoms with E-state index in [1.54, 1.807) is 0 Å². The molecule has 1 aromatic carbocycles. The lowest BCUT2D eigenvalue weighted by molar-refractivity contribution is 0.0925. The Morgan fingerprint density at radius 1 is 1.04 bits per heavy atom. The molecule has 1 fully saturated rings. The van der Waals surface area contributed by atoms with Gasteiger partial charge in [0, 0.05) is 17.6 Å². The first-order valence-corrected chi connectivity index (χ1v) is 8.23. The van der Waals surface area contributed by atoms with Crippen molar-refractivity contribution in [2.24, 2.45) is 5.73 Å². The first-order chi connectivity index (χ1) is 11.1. The molecule has 25 heavy (non-hydrogen) atoms. The predicted molar refractivity (Wildman–Crippen MR) is 107 cm³/mol. The van der Waals surface area contributed by atoms with Crippen LogP contribution in [0, 0.1) is 6.92 Å². The fourth-order valence-corrected chi connectivity index (χ4v) is 3.10. The molecule has 1 amide bonds. The molecule has 3 rings (SSSR count). The smallest absolute Gasteiger partial charge is 0.253 e. The molecular formula is C19H25Cl2N3O. The van der Waals surface area contributed by atoms with Crippen LogP contribution in [0.2, 0.25) is 0 Å². The fourth-order valence-electron chi connectivity index (χ4n) is 3.10. The molecule has 0 saturated heterocycles. The average molecular weight is 382 g/mol. The molecule has 0 bridgehead atoms. The van der Waals surface area contributed by atoms with Crippen LogP contribution in [0.4, 0.5) is 0 Å². The van der Waals surface area contributed by atoms with Crippen molar-refractivity contribution in [1.82, 2.24) is 10.3 Å². The van der Waals surface area contributed by atoms with E-state index in [4.69, 9.17) is 5.73 Å². The highest BCUT2D eigenvalue weighted by Gasteiger charge is 2.21. The van der Waals surface area contributed by atoms with Gasteiger partial charge in [0.05, 0.1) is 17.0 Å². The van der Waals surface area contributed by atoms with Crippen LogP contribution in [-0.2, 0) is 0 Å². The number of halogens is 2. The Bertz CT molecular complexity index is 686. The molecule has 1 aliphatic carbocycles. The summed E-state index contributed by atoms with van der Waals surface area (Å²) < 4.78 is 0. The number of pyridine rings is 1. The second-order valence-corrected chi connectivity index (χ2v) is 6.28. The summed E-state index contributed by atoms with van der Waals surface area (Å²) in [7, 11) is 0. The molecule has 0 radical (unpaired) electrons. The van der Waals surface area contributed by atoms with Crippen LogP contribution in [0.5, 0.6) is 0 Å². The predicted octanol–water partition coefficient (Wildman–Crippen LogP) is 3.90. The van der Waals surface area contributed by atoms with E-state index in [2.05, 4.69) is 10.3 Å². The number of amides is 1. The van der Waals surface area contributed by atoms with Gasteiger partial charge in [-0.25, -0.2) is 0 Å². The molecule has 1 saturated carbocycles. The lowest BCUT2D eigenvalue weighted by atomic mass is 9.91. The van der Waals surface area contributed by atoms with Crippen molar-refractivity contribution in [2.75, 3.05) is 0 Å². The maximum Gasteiger partial charge on any atom is 0.253 e. The number of aryl methyl sites for hydroxylation is 1. The summed E-state index contributed by atoms with van der Waals surface area (Å²) >= 11 is 0. The first-order valence-electron chi connectivity index (χ1n) is 8.23. The number of carbonyl (C=O) groups excluding carboxylic acids is 1. The zero-order valence-corrected chi connectivity index (χ0v) is 15.9. The van der Waals surface area contributed by atoms with Crippen molar-refractivity contribution >= 4 is 30.7 Å². The Hall–Kier alpha value is -1.62. The van der Waals surface area contributed by atoms with Gasteiger partial charge in [0.1, 0.15) is 0 Å². The fraction of sp³-hybridized carbons (Fsp3) is 0.368. The van der Waals surface area contributed by atoms with Gasteiger partial charge in [-0.2, -0.15) is 0 Å². The lowest BCUT2D eigenvalue weighted by Crippen LogP contribution is -2.40. The molecular weight excluding hydrogens is 357 g/mol. The Balaban J connectivity index is 0.00000156. The maximum atomic E-state index is 12.5. The van der Waals surface area contributed by atoms with E-state index in [-0.39, 0.29) is 42.8 Å². The number of aromatic nitrogens is 1. The van der Waals surface area contributed by atoms with Crippen molar-refractivity contribution < 1.29 is 4.79 Å². The van der Waals surface area contributed by atoms with E-state index >= 15 is 0 Å². The molecule has 0 spiro atoms. The molecule has 4 nitrogen and oxygen atoms in total. The van der Waals surface area contributed by atoms with Crippen LogP contribution < -0.4 is 11.1 Å². The van der Waals surface area contributed by atoms with Gasteiger partial charge < -0.3 is 11.1 Å². The van der Waals surface area contributed by atoms with Crippen LogP contribution >= 0.6 is 24.8 Å². The second-order valence-electron chi connectivity index (χ2n) is 6.28. The van der Waals surface area contributed by atoms with E-state index in [9.17, 15) is 4.79 Å². The van der Waals surface area contributed by atoms with E-state index < -0.39 is 0 Å². The van der Waals surface area contributed by atoms with Gasteiger partial charge in [0.15, 0.2) is 0 Å². The molecule has 1 heterocycles. The van der Waals surface area contributed by atoms with Crippen molar-refractivity contribution in [2.45, 2.75) is 44.7 Å². The molecule has 3 N–H and O–H groups in total. The molecule has 136 valence electrons. The highest BCUT2D eigenvalue weighted by atomic mass is 35.5. The highest BCUT2D eigenvalue weighted by molar-refractivity contribution is 5.95. The van der Waals surface area contributed by atoms with E-state index in [0.29, 0.717) is 5.56 Å². The monoisotopic (exact) mass is 381 g/mol. The van der Waals surface area contributed by atoms with E-state index in [0.717, 1.165) is 42.6 Å². The highest BCUT2D eigenvalue weighted by Crippen LogP contribution is 2.20. The van der Waals surface area contributed by atoms with Gasteiger partial charge in [-0.15, -0.1) is 24.8 Å². The van der Waals surface area contributed by atoms with Crippen LogP contribution in [0.3, 0.4) is 0 Å². The van der Waals surface area contributed by atoms with Crippen LogP contribution in [-0.4, -0.2) is 23.0 Å². The Morgan fingerprint density at radius 3 is 2.28 bits per heavy atom. The average Bonchev–Trinajstić information content (AvgIpc) is 2.57. The molecule has 0 unspecified atom stereocenters. The summed E-state index contributed by atoms with van der Waals surface area (Å²) in [6.07, 6.45) is 3.88. The quantitative estimate of drug-likeness (QED) is 0.846. The molecule has 2 aromatic rings. The Morgan fingerprint density at radius 2 is 1.68 bits per heavy atom. The number of nitrogens with one attached hydrogen (secondary N) is 1. The number of nitrogens with zero attached hydrogens (tertiary/aromatic N) is 1. The third kappa shape index (κ3) is 5.43. The minimum Gasteiger partial charge on any atom is -0.349 e. The van der Waals surface area contributed by atoms with Crippen molar-refractivity contribution in [1.29, 1.82) is 0 Å². The molecule has 0 aliphatic heterocycles. The van der Waals surface area contributed by atoms with Crippen molar-refractivity contribution in [3.8, 4) is 11.3 Å². The van der Waals surface area contributed by atoms with Gasteiger partial charge in [-0.05, 0) is 44.7 Å². The SMILES string of the molecule is Cc1nc(-c2ccccc2)ccc1C(=O)NC1CCC(N)CC1.Cl.Cl. The molecule has 1 aliphatic rings. The normalized spacial score (nSPS) is 19.3. The summed E-state index contributed by atoms with van der Waals surface area (Å²) in [6, 6.07) is 14.3. The Labute approximate surface area is 161 Å². The largest absolute Gasteiger partial charge is 0.349 e. The standard InChI is InChI=1S/C19H23N3O.2ClH/c1-13-17(19(23)22-16-9-7-15(20)8-10-16)11-12-18(21-13)14-5-3-2-4-6-14;;/h2-6,11-12,15-16H,7-10,20H2,1H3,(H,22,23);2*1H. The van der Waals surface area contributed by atoms with Gasteiger partial charge in [0.25, 0.3) is 5.91 Å². The summed E-state index contributed by atoms with van der Waals surface area (Å²) in [5.74, 6) is -0.0323. The third-order valence-corrected chi connectivity index (χ3v) is 4.51. The molecule has 0 atom stereocenters. The summed E-state index contributed by atoms with van der Waals surface area (Å²) in [5, 5.41) is 3.12. The summed E-state index contributed by atoms with van der Waals surface area (Å²) in [4.78, 5) is 17.1. The molecule has 1 aromatic heterocycles. The number of nitrogens with two attached hydrogens (primary N) is 1. The number of hydrogen-bond acceptors (Lipinski definition) is 3.